The number of nitrogens with zero attached hydrogens (tertiary/aromatic N) is 2. The van der Waals surface area contributed by atoms with Crippen molar-refractivity contribution in [3.63, 3.8) is 0 Å². The van der Waals surface area contributed by atoms with Gasteiger partial charge in [0.1, 0.15) is 6.54 Å². The molecule has 0 amide bonds. The van der Waals surface area contributed by atoms with Gasteiger partial charge in [-0.3, -0.25) is 19.2 Å². The molecule has 0 fully saturated rings. The SMILES string of the molecule is Cc1ccc(N(CC(=O)O)S(=O)(=O)c2ccc([N+](=O)[O-])cc2)c(C)c1. The molecule has 0 aliphatic rings. The van der Waals surface area contributed by atoms with Crippen LogP contribution in [0, 0.1) is 24.0 Å². The molecule has 0 heterocycles. The van der Waals surface area contributed by atoms with Crippen molar-refractivity contribution in [2.45, 2.75) is 18.7 Å². The van der Waals surface area contributed by atoms with Gasteiger partial charge in [0.05, 0.1) is 15.5 Å². The number of carbonyl (C=O) groups is 1. The van der Waals surface area contributed by atoms with Crippen LogP contribution in [-0.2, 0) is 14.8 Å². The summed E-state index contributed by atoms with van der Waals surface area (Å²) in [7, 11) is -4.20. The van der Waals surface area contributed by atoms with Gasteiger partial charge >= 0.3 is 5.97 Å². The number of hydrogen-bond donors (Lipinski definition) is 1. The number of carboxylic acids is 1. The van der Waals surface area contributed by atoms with E-state index in [4.69, 9.17) is 5.11 Å². The Morgan fingerprint density at radius 3 is 2.24 bits per heavy atom. The van der Waals surface area contributed by atoms with Crippen molar-refractivity contribution in [1.82, 2.24) is 0 Å². The maximum Gasteiger partial charge on any atom is 0.324 e. The van der Waals surface area contributed by atoms with Crippen molar-refractivity contribution in [3.8, 4) is 0 Å². The molecule has 0 spiro atoms. The summed E-state index contributed by atoms with van der Waals surface area (Å²) in [4.78, 5) is 21.0. The maximum atomic E-state index is 12.9. The Bertz CT molecular complexity index is 922. The molecule has 2 aromatic rings. The summed E-state index contributed by atoms with van der Waals surface area (Å²) >= 11 is 0. The summed E-state index contributed by atoms with van der Waals surface area (Å²) in [6.45, 7) is 2.76. The van der Waals surface area contributed by atoms with E-state index in [9.17, 15) is 23.3 Å². The van der Waals surface area contributed by atoms with E-state index in [1.807, 2.05) is 6.92 Å². The lowest BCUT2D eigenvalue weighted by atomic mass is 10.1. The number of anilines is 1. The van der Waals surface area contributed by atoms with Gasteiger partial charge in [-0.2, -0.15) is 0 Å². The van der Waals surface area contributed by atoms with Crippen molar-refractivity contribution < 1.29 is 23.2 Å². The van der Waals surface area contributed by atoms with Gasteiger partial charge in [0, 0.05) is 12.1 Å². The molecule has 0 aromatic heterocycles. The summed E-state index contributed by atoms with van der Waals surface area (Å²) in [5.74, 6) is -1.31. The van der Waals surface area contributed by atoms with Crippen molar-refractivity contribution >= 4 is 27.4 Å². The highest BCUT2D eigenvalue weighted by atomic mass is 32.2. The normalized spacial score (nSPS) is 11.1. The van der Waals surface area contributed by atoms with E-state index in [1.165, 1.54) is 6.07 Å². The molecule has 8 nitrogen and oxygen atoms in total. The van der Waals surface area contributed by atoms with Crippen molar-refractivity contribution in [2.75, 3.05) is 10.8 Å². The van der Waals surface area contributed by atoms with Crippen LogP contribution in [0.5, 0.6) is 0 Å². The molecule has 0 aliphatic carbocycles. The maximum absolute atomic E-state index is 12.9. The quantitative estimate of drug-likeness (QED) is 0.621. The molecule has 1 N–H and O–H groups in total. The second-order valence-corrected chi connectivity index (χ2v) is 7.31. The zero-order chi connectivity index (χ0) is 18.8. The van der Waals surface area contributed by atoms with E-state index in [0.717, 1.165) is 34.1 Å². The third-order valence-electron chi connectivity index (χ3n) is 3.54. The third-order valence-corrected chi connectivity index (χ3v) is 5.31. The average molecular weight is 364 g/mol. The van der Waals surface area contributed by atoms with Crippen LogP contribution in [0.25, 0.3) is 0 Å². The summed E-state index contributed by atoms with van der Waals surface area (Å²) in [6, 6.07) is 9.27. The molecule has 2 rings (SSSR count). The van der Waals surface area contributed by atoms with Crippen LogP contribution < -0.4 is 4.31 Å². The van der Waals surface area contributed by atoms with Crippen LogP contribution in [0.1, 0.15) is 11.1 Å². The number of aliphatic carboxylic acids is 1. The first-order valence-corrected chi connectivity index (χ1v) is 8.63. The van der Waals surface area contributed by atoms with E-state index in [-0.39, 0.29) is 16.3 Å². The fourth-order valence-corrected chi connectivity index (χ4v) is 3.85. The average Bonchev–Trinajstić information content (AvgIpc) is 2.53. The summed E-state index contributed by atoms with van der Waals surface area (Å²) in [6.07, 6.45) is 0. The molecule has 0 radical (unpaired) electrons. The van der Waals surface area contributed by atoms with E-state index in [0.29, 0.717) is 5.56 Å². The first-order chi connectivity index (χ1) is 11.6. The van der Waals surface area contributed by atoms with Crippen LogP contribution in [0.3, 0.4) is 0 Å². The fraction of sp³-hybridized carbons (Fsp3) is 0.188. The highest BCUT2D eigenvalue weighted by molar-refractivity contribution is 7.92. The van der Waals surface area contributed by atoms with Gasteiger partial charge in [-0.05, 0) is 37.6 Å². The number of hydrogen-bond acceptors (Lipinski definition) is 5. The molecular formula is C16H16N2O6S. The summed E-state index contributed by atoms with van der Waals surface area (Å²) in [5.41, 5.74) is 1.50. The van der Waals surface area contributed by atoms with Gasteiger partial charge in [0.2, 0.25) is 0 Å². The van der Waals surface area contributed by atoms with Crippen LogP contribution in [0.4, 0.5) is 11.4 Å². The Balaban J connectivity index is 2.55. The van der Waals surface area contributed by atoms with Gasteiger partial charge in [-0.25, -0.2) is 8.42 Å². The first-order valence-electron chi connectivity index (χ1n) is 7.19. The number of nitro benzene ring substituents is 1. The van der Waals surface area contributed by atoms with Crippen molar-refractivity contribution in [2.24, 2.45) is 0 Å². The number of non-ortho nitro benzene ring substituents is 1. The lowest BCUT2D eigenvalue weighted by Crippen LogP contribution is -2.36. The molecule has 0 saturated carbocycles. The van der Waals surface area contributed by atoms with Crippen molar-refractivity contribution in [1.29, 1.82) is 0 Å². The zero-order valence-electron chi connectivity index (χ0n) is 13.5. The Morgan fingerprint density at radius 2 is 1.76 bits per heavy atom. The van der Waals surface area contributed by atoms with E-state index >= 15 is 0 Å². The molecule has 0 saturated heterocycles. The lowest BCUT2D eigenvalue weighted by Gasteiger charge is -2.24. The minimum absolute atomic E-state index is 0.223. The highest BCUT2D eigenvalue weighted by Gasteiger charge is 2.28. The molecule has 0 aliphatic heterocycles. The molecule has 0 bridgehead atoms. The number of carboxylic acid groups (broad SMARTS) is 1. The largest absolute Gasteiger partial charge is 0.480 e. The van der Waals surface area contributed by atoms with Gasteiger partial charge in [0.25, 0.3) is 15.7 Å². The number of nitro groups is 1. The van der Waals surface area contributed by atoms with Crippen LogP contribution in [-0.4, -0.2) is 31.0 Å². The minimum Gasteiger partial charge on any atom is -0.480 e. The number of benzene rings is 2. The monoisotopic (exact) mass is 364 g/mol. The molecule has 132 valence electrons. The number of aryl methyl sites for hydroxylation is 2. The molecule has 0 atom stereocenters. The summed E-state index contributed by atoms with van der Waals surface area (Å²) < 4.78 is 26.5. The van der Waals surface area contributed by atoms with Gasteiger partial charge in [-0.1, -0.05) is 17.7 Å². The molecule has 9 heteroatoms. The van der Waals surface area contributed by atoms with Crippen LogP contribution in [0.2, 0.25) is 0 Å². The van der Waals surface area contributed by atoms with Crippen LogP contribution in [0.15, 0.2) is 47.4 Å². The smallest absolute Gasteiger partial charge is 0.324 e. The summed E-state index contributed by atoms with van der Waals surface area (Å²) in [5, 5.41) is 19.8. The Morgan fingerprint density at radius 1 is 1.16 bits per heavy atom. The Kier molecular flexibility index (Phi) is 5.07. The molecule has 2 aromatic carbocycles. The van der Waals surface area contributed by atoms with E-state index < -0.39 is 27.5 Å². The van der Waals surface area contributed by atoms with Crippen LogP contribution >= 0.6 is 0 Å². The lowest BCUT2D eigenvalue weighted by molar-refractivity contribution is -0.384. The second kappa shape index (κ2) is 6.89. The standard InChI is InChI=1S/C16H16N2O6S/c1-11-3-8-15(12(2)9-11)17(10-16(19)20)25(23,24)14-6-4-13(5-7-14)18(21)22/h3-9H,10H2,1-2H3,(H,19,20). The van der Waals surface area contributed by atoms with E-state index in [2.05, 4.69) is 0 Å². The fourth-order valence-electron chi connectivity index (χ4n) is 2.37. The Labute approximate surface area is 144 Å². The first kappa shape index (κ1) is 18.4. The van der Waals surface area contributed by atoms with Gasteiger partial charge in [0.15, 0.2) is 0 Å². The van der Waals surface area contributed by atoms with Gasteiger partial charge < -0.3 is 5.11 Å². The van der Waals surface area contributed by atoms with Gasteiger partial charge in [-0.15, -0.1) is 0 Å². The predicted molar refractivity (Wildman–Crippen MR) is 91.2 cm³/mol. The number of sulfonamides is 1. The topological polar surface area (TPSA) is 118 Å². The molecular weight excluding hydrogens is 348 g/mol. The van der Waals surface area contributed by atoms with E-state index in [1.54, 1.807) is 19.1 Å². The predicted octanol–water partition coefficient (Wildman–Crippen LogP) is 2.49. The third kappa shape index (κ3) is 3.94. The minimum atomic E-state index is -4.20. The second-order valence-electron chi connectivity index (χ2n) is 5.45. The molecule has 0 unspecified atom stereocenters. The van der Waals surface area contributed by atoms with Crippen molar-refractivity contribution in [3.05, 3.63) is 63.7 Å². The highest BCUT2D eigenvalue weighted by Crippen LogP contribution is 2.28. The number of rotatable bonds is 6. The molecule has 25 heavy (non-hydrogen) atoms. The zero-order valence-corrected chi connectivity index (χ0v) is 14.4. The Hall–Kier alpha value is -2.94.